The third-order valence-electron chi connectivity index (χ3n) is 10.3. The van der Waals surface area contributed by atoms with E-state index in [1.807, 2.05) is 0 Å². The van der Waals surface area contributed by atoms with Crippen molar-refractivity contribution in [2.75, 3.05) is 10.6 Å². The van der Waals surface area contributed by atoms with Gasteiger partial charge in [-0.05, 0) is 49.2 Å². The Morgan fingerprint density at radius 2 is 1.04 bits per heavy atom. The monoisotopic (exact) mass is 940 g/mol. The van der Waals surface area contributed by atoms with Gasteiger partial charge >= 0.3 is 12.3 Å². The lowest BCUT2D eigenvalue weighted by Gasteiger charge is -2.18. The Morgan fingerprint density at radius 1 is 0.632 bits per heavy atom. The van der Waals surface area contributed by atoms with Crippen molar-refractivity contribution in [3.63, 3.8) is 0 Å². The molecule has 2 fully saturated rings. The van der Waals surface area contributed by atoms with Gasteiger partial charge in [-0.25, -0.2) is 38.3 Å². The van der Waals surface area contributed by atoms with Crippen LogP contribution in [0.1, 0.15) is 74.7 Å². The molecular formula is C44H46F2N12O10. The number of anilines is 2. The number of ether oxygens (including phenoxy) is 5. The van der Waals surface area contributed by atoms with E-state index in [9.17, 15) is 23.6 Å². The SMILES string of the molecule is C.C.CC[C@H]1O[C@@H](n2nnc3c(NC(=O)c4ccccc4)ncnc32)[C@@H](F)[C@@H]1OC(=O)O.CC[C@H]1O[C@@H](n2nnc3c(NC(=O)c4ccccc4)ncnc32)[C@@H](F)[C@@H]1OC(=O)Oc1ccccc1. The average molecular weight is 941 g/mol. The summed E-state index contributed by atoms with van der Waals surface area (Å²) >= 11 is 0. The van der Waals surface area contributed by atoms with Crippen molar-refractivity contribution >= 4 is 58.1 Å². The highest BCUT2D eigenvalue weighted by atomic mass is 19.1. The zero-order valence-electron chi connectivity index (χ0n) is 34.7. The second-order valence-electron chi connectivity index (χ2n) is 14.4. The molecule has 4 aromatic heterocycles. The molecule has 7 aromatic rings. The predicted molar refractivity (Wildman–Crippen MR) is 237 cm³/mol. The quantitative estimate of drug-likeness (QED) is 0.0857. The van der Waals surface area contributed by atoms with E-state index in [-0.39, 0.29) is 54.6 Å². The number of amides is 2. The Kier molecular flexibility index (Phi) is 15.9. The number of hydrogen-bond donors (Lipinski definition) is 3. The molecule has 356 valence electrons. The number of benzene rings is 3. The van der Waals surface area contributed by atoms with Gasteiger partial charge in [0, 0.05) is 11.1 Å². The molecule has 0 aliphatic carbocycles. The summed E-state index contributed by atoms with van der Waals surface area (Å²) < 4.78 is 59.3. The molecule has 0 unspecified atom stereocenters. The minimum Gasteiger partial charge on any atom is -0.450 e. The summed E-state index contributed by atoms with van der Waals surface area (Å²) in [6.45, 7) is 3.49. The maximum Gasteiger partial charge on any atom is 0.514 e. The van der Waals surface area contributed by atoms with Crippen LogP contribution in [0.3, 0.4) is 0 Å². The summed E-state index contributed by atoms with van der Waals surface area (Å²) in [6, 6.07) is 25.4. The lowest BCUT2D eigenvalue weighted by atomic mass is 10.1. The Balaban J connectivity index is 0.000000221. The van der Waals surface area contributed by atoms with Crippen molar-refractivity contribution < 1.29 is 56.7 Å². The molecule has 0 bridgehead atoms. The van der Waals surface area contributed by atoms with Gasteiger partial charge in [0.25, 0.3) is 11.8 Å². The van der Waals surface area contributed by atoms with Crippen molar-refractivity contribution in [3.8, 4) is 5.75 Å². The Bertz CT molecular complexity index is 2830. The van der Waals surface area contributed by atoms with Gasteiger partial charge in [0.1, 0.15) is 30.6 Å². The minimum atomic E-state index is -1.83. The summed E-state index contributed by atoms with van der Waals surface area (Å²) in [5.41, 5.74) is 1.38. The summed E-state index contributed by atoms with van der Waals surface area (Å²) in [5.74, 6) is -0.335. The number of fused-ring (bicyclic) bond motifs is 2. The number of para-hydroxylation sites is 1. The molecule has 6 heterocycles. The normalized spacial score (nSPS) is 21.6. The van der Waals surface area contributed by atoms with E-state index in [0.717, 1.165) is 9.36 Å². The number of carbonyl (C=O) groups excluding carboxylic acids is 3. The molecule has 2 aliphatic rings. The molecule has 0 radical (unpaired) electrons. The first-order valence-electron chi connectivity index (χ1n) is 20.3. The van der Waals surface area contributed by atoms with Gasteiger partial charge in [-0.2, -0.15) is 9.36 Å². The van der Waals surface area contributed by atoms with Crippen LogP contribution in [0.2, 0.25) is 0 Å². The number of nitrogens with zero attached hydrogens (tertiary/aromatic N) is 10. The van der Waals surface area contributed by atoms with Gasteiger partial charge in [-0.3, -0.25) is 9.59 Å². The molecule has 8 atom stereocenters. The first-order valence-corrected chi connectivity index (χ1v) is 20.3. The smallest absolute Gasteiger partial charge is 0.450 e. The van der Waals surface area contributed by atoms with Gasteiger partial charge in [0.15, 0.2) is 71.0 Å². The van der Waals surface area contributed by atoms with Crippen molar-refractivity contribution in [1.29, 1.82) is 0 Å². The second kappa shape index (κ2) is 21.9. The van der Waals surface area contributed by atoms with E-state index in [4.69, 9.17) is 24.1 Å². The number of halogens is 2. The summed E-state index contributed by atoms with van der Waals surface area (Å²) in [5, 5.41) is 30.0. The molecule has 2 saturated heterocycles. The predicted octanol–water partition coefficient (Wildman–Crippen LogP) is 7.16. The standard InChI is InChI=1S/C24H21FN6O5.C18H17FN6O5.2CH4/c1-2-16-19(36-24(33)34-15-11-7-4-8-12-15)17(25)23(35-16)31-21-18(29-30-31)20(26-13-27-21)28-22(32)14-9-5-3-6-10-14;1-2-10-13(30-18(27)28)11(19)17(29-10)25-15-12(23-24-25)14(20-8-21-15)22-16(26)9-6-4-3-5-7-9;;/h3-13,16-17,19,23H,2H2,1H3,(H,26,27,28,32);3-8,10-11,13,17H,2H2,1H3,(H,27,28)(H,20,21,22,26);2*1H4/t16-,17+,19-,23-;10-,11+,13-,17-;;/m11../s1. The highest BCUT2D eigenvalue weighted by Gasteiger charge is 2.50. The molecule has 3 aromatic carbocycles. The zero-order chi connectivity index (χ0) is 46.3. The molecule has 9 rings (SSSR count). The number of carbonyl (C=O) groups is 4. The fourth-order valence-corrected chi connectivity index (χ4v) is 7.15. The number of carboxylic acid groups (broad SMARTS) is 1. The molecule has 22 nitrogen and oxygen atoms in total. The molecule has 2 amide bonds. The third-order valence-corrected chi connectivity index (χ3v) is 10.3. The van der Waals surface area contributed by atoms with Crippen LogP contribution in [0.4, 0.5) is 30.0 Å². The summed E-state index contributed by atoms with van der Waals surface area (Å²) in [6.07, 6.45) is -9.87. The largest absolute Gasteiger partial charge is 0.514 e. The Hall–Kier alpha value is -8.12. The topological polar surface area (TPSA) is 272 Å². The molecule has 2 aliphatic heterocycles. The first kappa shape index (κ1) is 49.3. The van der Waals surface area contributed by atoms with Crippen LogP contribution in [0.5, 0.6) is 5.75 Å². The van der Waals surface area contributed by atoms with E-state index in [2.05, 4.69) is 55.9 Å². The molecule has 3 N–H and O–H groups in total. The molecular weight excluding hydrogens is 895 g/mol. The molecule has 68 heavy (non-hydrogen) atoms. The van der Waals surface area contributed by atoms with E-state index in [0.29, 0.717) is 24.0 Å². The maximum atomic E-state index is 15.6. The minimum absolute atomic E-state index is 0. The molecule has 24 heteroatoms. The summed E-state index contributed by atoms with van der Waals surface area (Å²) in [4.78, 5) is 64.5. The van der Waals surface area contributed by atoms with Crippen LogP contribution in [0.25, 0.3) is 22.3 Å². The number of hydrogen-bond acceptors (Lipinski definition) is 17. The van der Waals surface area contributed by atoms with Crippen LogP contribution in [0.15, 0.2) is 104 Å². The highest BCUT2D eigenvalue weighted by Crippen LogP contribution is 2.38. The van der Waals surface area contributed by atoms with Crippen molar-refractivity contribution in [2.45, 2.75) is 90.8 Å². The van der Waals surface area contributed by atoms with E-state index < -0.39 is 73.3 Å². The van der Waals surface area contributed by atoms with Crippen LogP contribution in [0, 0.1) is 0 Å². The van der Waals surface area contributed by atoms with Gasteiger partial charge in [-0.15, -0.1) is 10.2 Å². The maximum absolute atomic E-state index is 15.6. The van der Waals surface area contributed by atoms with E-state index in [1.54, 1.807) is 105 Å². The lowest BCUT2D eigenvalue weighted by Crippen LogP contribution is -2.34. The van der Waals surface area contributed by atoms with Gasteiger partial charge in [0.2, 0.25) is 0 Å². The van der Waals surface area contributed by atoms with E-state index in [1.165, 1.54) is 12.7 Å². The van der Waals surface area contributed by atoms with E-state index >= 15 is 4.39 Å². The Labute approximate surface area is 386 Å². The fourth-order valence-electron chi connectivity index (χ4n) is 7.15. The fraction of sp³-hybridized carbons (Fsp3) is 0.318. The molecule has 0 saturated carbocycles. The van der Waals surface area contributed by atoms with Crippen molar-refractivity contribution in [1.82, 2.24) is 49.9 Å². The van der Waals surface area contributed by atoms with Crippen LogP contribution in [-0.2, 0) is 18.9 Å². The highest BCUT2D eigenvalue weighted by molar-refractivity contribution is 6.07. The summed E-state index contributed by atoms with van der Waals surface area (Å²) in [7, 11) is 0. The molecule has 0 spiro atoms. The third kappa shape index (κ3) is 10.4. The number of alkyl halides is 2. The van der Waals surface area contributed by atoms with Crippen LogP contribution < -0.4 is 15.4 Å². The number of rotatable bonds is 11. The van der Waals surface area contributed by atoms with Crippen LogP contribution in [-0.4, -0.2) is 116 Å². The van der Waals surface area contributed by atoms with Gasteiger partial charge < -0.3 is 39.4 Å². The zero-order valence-corrected chi connectivity index (χ0v) is 34.7. The van der Waals surface area contributed by atoms with Crippen LogP contribution >= 0.6 is 0 Å². The number of nitrogens with one attached hydrogen (secondary N) is 2. The Morgan fingerprint density at radius 3 is 1.46 bits per heavy atom. The first-order chi connectivity index (χ1) is 32.0. The lowest BCUT2D eigenvalue weighted by molar-refractivity contribution is -0.0354. The number of aromatic nitrogens is 10. The van der Waals surface area contributed by atoms with Gasteiger partial charge in [-0.1, -0.05) is 93.7 Å². The van der Waals surface area contributed by atoms with Crippen molar-refractivity contribution in [3.05, 3.63) is 115 Å². The second-order valence-corrected chi connectivity index (χ2v) is 14.4. The average Bonchev–Trinajstić information content (AvgIpc) is 4.11. The van der Waals surface area contributed by atoms with Gasteiger partial charge in [0.05, 0.1) is 0 Å². The van der Waals surface area contributed by atoms with Crippen molar-refractivity contribution in [2.24, 2.45) is 0 Å².